The van der Waals surface area contributed by atoms with Crippen LogP contribution in [0, 0.1) is 11.3 Å². The van der Waals surface area contributed by atoms with Crippen molar-refractivity contribution in [2.45, 2.75) is 39.0 Å². The topological polar surface area (TPSA) is 50.2 Å². The first-order valence-corrected chi connectivity index (χ1v) is 6.26. The lowest BCUT2D eigenvalue weighted by atomic mass is 9.80. The van der Waals surface area contributed by atoms with Crippen LogP contribution in [0.25, 0.3) is 0 Å². The number of pyridine rings is 1. The Hall–Kier alpha value is -1.38. The molecule has 1 saturated carbocycles. The summed E-state index contributed by atoms with van der Waals surface area (Å²) in [6, 6.07) is 5.80. The molecule has 3 nitrogen and oxygen atoms in total. The SMILES string of the molecule is CC1CCC(CCc2ccccn2)(C(=O)O)C1. The lowest BCUT2D eigenvalue weighted by Crippen LogP contribution is -2.28. The summed E-state index contributed by atoms with van der Waals surface area (Å²) in [5.74, 6) is -0.0902. The zero-order valence-electron chi connectivity index (χ0n) is 10.2. The second kappa shape index (κ2) is 4.86. The third kappa shape index (κ3) is 2.65. The monoisotopic (exact) mass is 233 g/mol. The highest BCUT2D eigenvalue weighted by atomic mass is 16.4. The van der Waals surface area contributed by atoms with Gasteiger partial charge >= 0.3 is 5.97 Å². The van der Waals surface area contributed by atoms with E-state index in [-0.39, 0.29) is 0 Å². The number of aliphatic carboxylic acids is 1. The number of nitrogens with zero attached hydrogens (tertiary/aromatic N) is 1. The Bertz CT molecular complexity index is 390. The van der Waals surface area contributed by atoms with Gasteiger partial charge in [-0.2, -0.15) is 0 Å². The minimum absolute atomic E-state index is 0.503. The van der Waals surface area contributed by atoms with Gasteiger partial charge in [-0.25, -0.2) is 0 Å². The third-order valence-corrected chi connectivity index (χ3v) is 3.89. The van der Waals surface area contributed by atoms with Gasteiger partial charge in [0.15, 0.2) is 0 Å². The van der Waals surface area contributed by atoms with E-state index in [1.807, 2.05) is 18.2 Å². The van der Waals surface area contributed by atoms with Gasteiger partial charge < -0.3 is 5.11 Å². The smallest absolute Gasteiger partial charge is 0.309 e. The van der Waals surface area contributed by atoms with E-state index in [1.165, 1.54) is 0 Å². The van der Waals surface area contributed by atoms with Gasteiger partial charge in [0.25, 0.3) is 0 Å². The lowest BCUT2D eigenvalue weighted by Gasteiger charge is -2.23. The molecule has 0 amide bonds. The first kappa shape index (κ1) is 12.1. The Morgan fingerprint density at radius 3 is 2.94 bits per heavy atom. The molecule has 0 bridgehead atoms. The molecular weight excluding hydrogens is 214 g/mol. The Kier molecular flexibility index (Phi) is 3.46. The minimum atomic E-state index is -0.627. The standard InChI is InChI=1S/C14H19NO2/c1-11-5-7-14(10-11,13(16)17)8-6-12-4-2-3-9-15-12/h2-4,9,11H,5-8,10H2,1H3,(H,16,17). The first-order chi connectivity index (χ1) is 8.12. The molecule has 0 saturated heterocycles. The van der Waals surface area contributed by atoms with E-state index in [1.54, 1.807) is 6.20 Å². The highest BCUT2D eigenvalue weighted by Crippen LogP contribution is 2.45. The lowest BCUT2D eigenvalue weighted by molar-refractivity contribution is -0.149. The van der Waals surface area contributed by atoms with Gasteiger partial charge in [0.1, 0.15) is 0 Å². The first-order valence-electron chi connectivity index (χ1n) is 6.26. The summed E-state index contributed by atoms with van der Waals surface area (Å²) >= 11 is 0. The minimum Gasteiger partial charge on any atom is -0.481 e. The van der Waals surface area contributed by atoms with Crippen LogP contribution in [-0.2, 0) is 11.2 Å². The molecule has 2 unspecified atom stereocenters. The Morgan fingerprint density at radius 2 is 2.41 bits per heavy atom. The zero-order valence-corrected chi connectivity index (χ0v) is 10.2. The Morgan fingerprint density at radius 1 is 1.59 bits per heavy atom. The van der Waals surface area contributed by atoms with Crippen LogP contribution in [0.15, 0.2) is 24.4 Å². The summed E-state index contributed by atoms with van der Waals surface area (Å²) in [7, 11) is 0. The maximum absolute atomic E-state index is 11.5. The third-order valence-electron chi connectivity index (χ3n) is 3.89. The summed E-state index contributed by atoms with van der Waals surface area (Å²) in [6.07, 6.45) is 5.91. The highest BCUT2D eigenvalue weighted by molar-refractivity contribution is 5.75. The molecule has 0 spiro atoms. The van der Waals surface area contributed by atoms with Gasteiger partial charge in [0.05, 0.1) is 5.41 Å². The Labute approximate surface area is 102 Å². The van der Waals surface area contributed by atoms with Crippen molar-refractivity contribution in [1.82, 2.24) is 4.98 Å². The normalized spacial score (nSPS) is 28.2. The second-order valence-electron chi connectivity index (χ2n) is 5.25. The van der Waals surface area contributed by atoms with Crippen molar-refractivity contribution in [3.63, 3.8) is 0 Å². The molecule has 2 rings (SSSR count). The van der Waals surface area contributed by atoms with Crippen LogP contribution in [0.3, 0.4) is 0 Å². The van der Waals surface area contributed by atoms with E-state index in [0.717, 1.165) is 31.4 Å². The van der Waals surface area contributed by atoms with Gasteiger partial charge in [-0.3, -0.25) is 9.78 Å². The number of carboxylic acids is 1. The summed E-state index contributed by atoms with van der Waals surface area (Å²) < 4.78 is 0. The molecule has 1 fully saturated rings. The fourth-order valence-electron chi connectivity index (χ4n) is 2.84. The van der Waals surface area contributed by atoms with Gasteiger partial charge in [-0.05, 0) is 50.2 Å². The molecule has 3 heteroatoms. The van der Waals surface area contributed by atoms with Gasteiger partial charge in [0.2, 0.25) is 0 Å². The van der Waals surface area contributed by atoms with E-state index in [9.17, 15) is 9.90 Å². The molecular formula is C14H19NO2. The van der Waals surface area contributed by atoms with Crippen LogP contribution in [0.5, 0.6) is 0 Å². The van der Waals surface area contributed by atoms with Crippen LogP contribution in [0.4, 0.5) is 0 Å². The van der Waals surface area contributed by atoms with Crippen molar-refractivity contribution < 1.29 is 9.90 Å². The van der Waals surface area contributed by atoms with Crippen LogP contribution in [-0.4, -0.2) is 16.1 Å². The number of aromatic nitrogens is 1. The quantitative estimate of drug-likeness (QED) is 0.870. The summed E-state index contributed by atoms with van der Waals surface area (Å²) in [5, 5.41) is 9.44. The maximum atomic E-state index is 11.5. The summed E-state index contributed by atoms with van der Waals surface area (Å²) in [6.45, 7) is 2.14. The van der Waals surface area contributed by atoms with Crippen molar-refractivity contribution in [2.24, 2.45) is 11.3 Å². The molecule has 1 aliphatic carbocycles. The molecule has 17 heavy (non-hydrogen) atoms. The van der Waals surface area contributed by atoms with Crippen molar-refractivity contribution in [1.29, 1.82) is 0 Å². The van der Waals surface area contributed by atoms with Crippen molar-refractivity contribution >= 4 is 5.97 Å². The maximum Gasteiger partial charge on any atom is 0.309 e. The van der Waals surface area contributed by atoms with E-state index < -0.39 is 11.4 Å². The van der Waals surface area contributed by atoms with E-state index in [2.05, 4.69) is 11.9 Å². The number of carbonyl (C=O) groups is 1. The average Bonchev–Trinajstić information content (AvgIpc) is 2.71. The highest BCUT2D eigenvalue weighted by Gasteiger charge is 2.43. The van der Waals surface area contributed by atoms with Crippen molar-refractivity contribution in [3.05, 3.63) is 30.1 Å². The predicted octanol–water partition coefficient (Wildman–Crippen LogP) is 2.91. The molecule has 0 aliphatic heterocycles. The fraction of sp³-hybridized carbons (Fsp3) is 0.571. The van der Waals surface area contributed by atoms with Crippen LogP contribution in [0.2, 0.25) is 0 Å². The molecule has 1 heterocycles. The molecule has 1 aromatic rings. The summed E-state index contributed by atoms with van der Waals surface area (Å²) in [4.78, 5) is 15.7. The number of aryl methyl sites for hydroxylation is 1. The average molecular weight is 233 g/mol. The van der Waals surface area contributed by atoms with Crippen LogP contribution in [0.1, 0.15) is 38.3 Å². The van der Waals surface area contributed by atoms with E-state index in [4.69, 9.17) is 0 Å². The summed E-state index contributed by atoms with van der Waals surface area (Å²) in [5.41, 5.74) is 0.490. The molecule has 1 aliphatic rings. The van der Waals surface area contributed by atoms with Gasteiger partial charge in [-0.15, -0.1) is 0 Å². The predicted molar refractivity (Wildman–Crippen MR) is 65.6 cm³/mol. The van der Waals surface area contributed by atoms with E-state index >= 15 is 0 Å². The molecule has 92 valence electrons. The number of rotatable bonds is 4. The van der Waals surface area contributed by atoms with Gasteiger partial charge in [-0.1, -0.05) is 13.0 Å². The number of hydrogen-bond acceptors (Lipinski definition) is 2. The van der Waals surface area contributed by atoms with E-state index in [0.29, 0.717) is 12.3 Å². The van der Waals surface area contributed by atoms with Crippen molar-refractivity contribution in [3.8, 4) is 0 Å². The van der Waals surface area contributed by atoms with Crippen LogP contribution >= 0.6 is 0 Å². The number of hydrogen-bond donors (Lipinski definition) is 1. The zero-order chi connectivity index (χ0) is 12.3. The molecule has 0 radical (unpaired) electrons. The Balaban J connectivity index is 2.03. The van der Waals surface area contributed by atoms with Crippen molar-refractivity contribution in [2.75, 3.05) is 0 Å². The molecule has 0 aromatic carbocycles. The molecule has 2 atom stereocenters. The molecule has 1 N–H and O–H groups in total. The largest absolute Gasteiger partial charge is 0.481 e. The van der Waals surface area contributed by atoms with Crippen LogP contribution < -0.4 is 0 Å². The number of carboxylic acid groups (broad SMARTS) is 1. The second-order valence-corrected chi connectivity index (χ2v) is 5.25. The van der Waals surface area contributed by atoms with Gasteiger partial charge in [0, 0.05) is 11.9 Å². The fourth-order valence-corrected chi connectivity index (χ4v) is 2.84. The molecule has 1 aromatic heterocycles.